The molecule has 1 amide bonds. The fourth-order valence-electron chi connectivity index (χ4n) is 3.38. The molecule has 1 aromatic carbocycles. The number of hydrogen-bond acceptors (Lipinski definition) is 5. The Morgan fingerprint density at radius 3 is 2.52 bits per heavy atom. The Morgan fingerprint density at radius 1 is 1.33 bits per heavy atom. The number of ether oxygens (including phenoxy) is 1. The van der Waals surface area contributed by atoms with E-state index < -0.39 is 15.6 Å². The topological polar surface area (TPSA) is 102 Å². The van der Waals surface area contributed by atoms with Crippen LogP contribution in [0.1, 0.15) is 43.1 Å². The maximum Gasteiger partial charge on any atom is 0.251 e. The fraction of sp³-hybridized carbons (Fsp3) is 0.632. The number of rotatable bonds is 7. The molecule has 1 saturated heterocycles. The molecule has 7 nitrogen and oxygen atoms in total. The molecule has 8 heteroatoms. The van der Waals surface area contributed by atoms with Gasteiger partial charge < -0.3 is 15.8 Å². The zero-order chi connectivity index (χ0) is 20.2. The van der Waals surface area contributed by atoms with Gasteiger partial charge in [0.2, 0.25) is 10.0 Å². The van der Waals surface area contributed by atoms with Crippen LogP contribution in [0.15, 0.2) is 23.1 Å². The predicted molar refractivity (Wildman–Crippen MR) is 105 cm³/mol. The number of carbonyl (C=O) groups excluding carboxylic acids is 1. The van der Waals surface area contributed by atoms with Crippen molar-refractivity contribution in [2.24, 2.45) is 11.7 Å². The average Bonchev–Trinajstić information content (AvgIpc) is 2.61. The van der Waals surface area contributed by atoms with Crippen molar-refractivity contribution in [3.63, 3.8) is 0 Å². The maximum atomic E-state index is 13.0. The molecule has 0 aliphatic carbocycles. The molecular weight excluding hydrogens is 366 g/mol. The lowest BCUT2D eigenvalue weighted by Gasteiger charge is -2.31. The second-order valence-corrected chi connectivity index (χ2v) is 9.72. The van der Waals surface area contributed by atoms with Crippen LogP contribution in [0, 0.1) is 12.8 Å². The Labute approximate surface area is 162 Å². The van der Waals surface area contributed by atoms with Gasteiger partial charge in [-0.3, -0.25) is 4.79 Å². The fourth-order valence-corrected chi connectivity index (χ4v) is 5.04. The van der Waals surface area contributed by atoms with Gasteiger partial charge in [-0.1, -0.05) is 19.9 Å². The van der Waals surface area contributed by atoms with Crippen molar-refractivity contribution in [2.45, 2.75) is 44.6 Å². The quantitative estimate of drug-likeness (QED) is 0.726. The molecule has 152 valence electrons. The average molecular weight is 398 g/mol. The Hall–Kier alpha value is -1.48. The second kappa shape index (κ2) is 8.68. The van der Waals surface area contributed by atoms with E-state index in [0.717, 1.165) is 6.42 Å². The van der Waals surface area contributed by atoms with Gasteiger partial charge in [0.05, 0.1) is 18.1 Å². The summed E-state index contributed by atoms with van der Waals surface area (Å²) >= 11 is 0. The van der Waals surface area contributed by atoms with Crippen LogP contribution in [0.4, 0.5) is 0 Å². The van der Waals surface area contributed by atoms with Gasteiger partial charge in [0, 0.05) is 30.7 Å². The van der Waals surface area contributed by atoms with E-state index in [9.17, 15) is 13.2 Å². The summed E-state index contributed by atoms with van der Waals surface area (Å²) in [4.78, 5) is 12.9. The van der Waals surface area contributed by atoms with Gasteiger partial charge in [0.25, 0.3) is 5.91 Å². The van der Waals surface area contributed by atoms with Crippen LogP contribution in [-0.2, 0) is 14.8 Å². The molecule has 0 saturated carbocycles. The van der Waals surface area contributed by atoms with Gasteiger partial charge in [-0.05, 0) is 43.9 Å². The zero-order valence-electron chi connectivity index (χ0n) is 16.6. The van der Waals surface area contributed by atoms with Gasteiger partial charge in [0.15, 0.2) is 0 Å². The van der Waals surface area contributed by atoms with Crippen LogP contribution in [0.2, 0.25) is 0 Å². The zero-order valence-corrected chi connectivity index (χ0v) is 17.4. The lowest BCUT2D eigenvalue weighted by molar-refractivity contribution is 0.0730. The first-order valence-corrected chi connectivity index (χ1v) is 10.7. The lowest BCUT2D eigenvalue weighted by atomic mass is 9.90. The summed E-state index contributed by atoms with van der Waals surface area (Å²) in [6.45, 7) is 9.47. The van der Waals surface area contributed by atoms with Gasteiger partial charge in [0.1, 0.15) is 0 Å². The van der Waals surface area contributed by atoms with Crippen molar-refractivity contribution in [2.75, 3.05) is 32.8 Å². The number of sulfonamides is 1. The van der Waals surface area contributed by atoms with Crippen LogP contribution >= 0.6 is 0 Å². The summed E-state index contributed by atoms with van der Waals surface area (Å²) in [5.41, 5.74) is 6.26. The predicted octanol–water partition coefficient (Wildman–Crippen LogP) is 1.51. The first-order chi connectivity index (χ1) is 12.6. The molecular formula is C19H31N3O4S. The number of hydrogen-bond donors (Lipinski definition) is 2. The van der Waals surface area contributed by atoms with E-state index in [4.69, 9.17) is 10.5 Å². The van der Waals surface area contributed by atoms with E-state index in [-0.39, 0.29) is 10.8 Å². The molecule has 1 aliphatic rings. The van der Waals surface area contributed by atoms with E-state index in [1.807, 2.05) is 6.92 Å². The minimum Gasteiger partial charge on any atom is -0.379 e. The molecule has 0 bridgehead atoms. The SMILES string of the molecule is Cc1ccc(C(=O)NC(C)(CN)CC(C)C)cc1S(=O)(=O)N1CCOCC1. The monoisotopic (exact) mass is 397 g/mol. The molecule has 0 aromatic heterocycles. The first kappa shape index (κ1) is 21.8. The number of morpholine rings is 1. The van der Waals surface area contributed by atoms with E-state index >= 15 is 0 Å². The van der Waals surface area contributed by atoms with Gasteiger partial charge in [-0.2, -0.15) is 4.31 Å². The molecule has 1 aromatic rings. The third kappa shape index (κ3) is 5.28. The van der Waals surface area contributed by atoms with Gasteiger partial charge in [-0.25, -0.2) is 8.42 Å². The van der Waals surface area contributed by atoms with Crippen molar-refractivity contribution in [3.05, 3.63) is 29.3 Å². The second-order valence-electron chi connectivity index (χ2n) is 7.81. The molecule has 1 aliphatic heterocycles. The number of nitrogens with zero attached hydrogens (tertiary/aromatic N) is 1. The summed E-state index contributed by atoms with van der Waals surface area (Å²) < 4.78 is 32.6. The molecule has 0 spiro atoms. The highest BCUT2D eigenvalue weighted by Crippen LogP contribution is 2.23. The summed E-state index contributed by atoms with van der Waals surface area (Å²) in [5, 5.41) is 2.98. The van der Waals surface area contributed by atoms with Crippen molar-refractivity contribution in [1.29, 1.82) is 0 Å². The Morgan fingerprint density at radius 2 is 1.96 bits per heavy atom. The largest absolute Gasteiger partial charge is 0.379 e. The smallest absolute Gasteiger partial charge is 0.251 e. The third-order valence-corrected chi connectivity index (χ3v) is 6.80. The lowest BCUT2D eigenvalue weighted by Crippen LogP contribution is -2.52. The number of carbonyl (C=O) groups is 1. The Balaban J connectivity index is 2.29. The molecule has 3 N–H and O–H groups in total. The summed E-state index contributed by atoms with van der Waals surface area (Å²) in [7, 11) is -3.67. The molecule has 1 heterocycles. The van der Waals surface area contributed by atoms with Crippen molar-refractivity contribution >= 4 is 15.9 Å². The molecule has 1 atom stereocenters. The molecule has 0 radical (unpaired) electrons. The molecule has 2 rings (SSSR count). The number of benzene rings is 1. The van der Waals surface area contributed by atoms with Crippen LogP contribution in [0.25, 0.3) is 0 Å². The normalized spacial score (nSPS) is 18.3. The molecule has 27 heavy (non-hydrogen) atoms. The first-order valence-electron chi connectivity index (χ1n) is 9.30. The number of aryl methyl sites for hydroxylation is 1. The molecule has 1 unspecified atom stereocenters. The van der Waals surface area contributed by atoms with Gasteiger partial charge in [-0.15, -0.1) is 0 Å². The Kier molecular flexibility index (Phi) is 7.02. The highest BCUT2D eigenvalue weighted by atomic mass is 32.2. The van der Waals surface area contributed by atoms with Crippen molar-refractivity contribution in [3.8, 4) is 0 Å². The third-order valence-electron chi connectivity index (χ3n) is 4.76. The minimum absolute atomic E-state index is 0.162. The van der Waals surface area contributed by atoms with Crippen LogP contribution in [-0.4, -0.2) is 57.0 Å². The van der Waals surface area contributed by atoms with Crippen molar-refractivity contribution in [1.82, 2.24) is 9.62 Å². The number of nitrogens with two attached hydrogens (primary N) is 1. The standard InChI is InChI=1S/C19H31N3O4S/c1-14(2)12-19(4,13-20)21-18(23)16-6-5-15(3)17(11-16)27(24,25)22-7-9-26-10-8-22/h5-6,11,14H,7-10,12-13,20H2,1-4H3,(H,21,23). The van der Waals surface area contributed by atoms with Gasteiger partial charge >= 0.3 is 0 Å². The van der Waals surface area contributed by atoms with E-state index in [1.165, 1.54) is 10.4 Å². The maximum absolute atomic E-state index is 13.0. The number of amides is 1. The van der Waals surface area contributed by atoms with Crippen LogP contribution in [0.5, 0.6) is 0 Å². The molecule has 1 fully saturated rings. The van der Waals surface area contributed by atoms with Crippen LogP contribution < -0.4 is 11.1 Å². The summed E-state index contributed by atoms with van der Waals surface area (Å²) in [6.07, 6.45) is 0.736. The summed E-state index contributed by atoms with van der Waals surface area (Å²) in [6, 6.07) is 4.78. The van der Waals surface area contributed by atoms with E-state index in [1.54, 1.807) is 19.1 Å². The highest BCUT2D eigenvalue weighted by Gasteiger charge is 2.30. The summed E-state index contributed by atoms with van der Waals surface area (Å²) in [5.74, 6) is 0.0520. The van der Waals surface area contributed by atoms with E-state index in [2.05, 4.69) is 19.2 Å². The minimum atomic E-state index is -3.67. The number of nitrogens with one attached hydrogen (secondary N) is 1. The van der Waals surface area contributed by atoms with Crippen LogP contribution in [0.3, 0.4) is 0 Å². The Bertz CT molecular complexity index is 773. The van der Waals surface area contributed by atoms with Crippen molar-refractivity contribution < 1.29 is 17.9 Å². The van der Waals surface area contributed by atoms with E-state index in [0.29, 0.717) is 49.9 Å². The highest BCUT2D eigenvalue weighted by molar-refractivity contribution is 7.89.